The lowest BCUT2D eigenvalue weighted by Gasteiger charge is -2.03. The Labute approximate surface area is 104 Å². The molecule has 1 saturated carbocycles. The van der Waals surface area contributed by atoms with Crippen molar-refractivity contribution in [1.29, 1.82) is 0 Å². The van der Waals surface area contributed by atoms with Crippen molar-refractivity contribution in [3.63, 3.8) is 0 Å². The SMILES string of the molecule is COc1ccccc1-c1nnc(C(=O)C2CC2)o1. The minimum Gasteiger partial charge on any atom is -0.496 e. The number of rotatable bonds is 4. The van der Waals surface area contributed by atoms with Crippen LogP contribution in [-0.2, 0) is 0 Å². The van der Waals surface area contributed by atoms with E-state index in [1.54, 1.807) is 7.11 Å². The number of Topliss-reactive ketones (excluding diaryl/α,β-unsaturated/α-hetero) is 1. The summed E-state index contributed by atoms with van der Waals surface area (Å²) in [5, 5.41) is 7.72. The van der Waals surface area contributed by atoms with Gasteiger partial charge < -0.3 is 9.15 Å². The van der Waals surface area contributed by atoms with Gasteiger partial charge in [0.25, 0.3) is 11.8 Å². The van der Waals surface area contributed by atoms with E-state index in [4.69, 9.17) is 9.15 Å². The largest absolute Gasteiger partial charge is 0.496 e. The number of nitrogens with zero attached hydrogens (tertiary/aromatic N) is 2. The van der Waals surface area contributed by atoms with Crippen LogP contribution in [0, 0.1) is 5.92 Å². The van der Waals surface area contributed by atoms with E-state index in [1.165, 1.54) is 0 Å². The molecule has 18 heavy (non-hydrogen) atoms. The van der Waals surface area contributed by atoms with E-state index >= 15 is 0 Å². The van der Waals surface area contributed by atoms with Gasteiger partial charge in [-0.3, -0.25) is 4.79 Å². The first kappa shape index (κ1) is 11.0. The molecule has 0 bridgehead atoms. The van der Waals surface area contributed by atoms with Gasteiger partial charge in [-0.05, 0) is 25.0 Å². The molecule has 1 heterocycles. The summed E-state index contributed by atoms with van der Waals surface area (Å²) >= 11 is 0. The number of ether oxygens (including phenoxy) is 1. The summed E-state index contributed by atoms with van der Waals surface area (Å²) in [6, 6.07) is 7.33. The summed E-state index contributed by atoms with van der Waals surface area (Å²) in [5.41, 5.74) is 0.697. The maximum Gasteiger partial charge on any atom is 0.284 e. The average Bonchev–Trinajstić information content (AvgIpc) is 3.15. The fraction of sp³-hybridized carbons (Fsp3) is 0.308. The molecule has 0 saturated heterocycles. The van der Waals surface area contributed by atoms with Gasteiger partial charge in [0.1, 0.15) is 5.75 Å². The molecule has 5 nitrogen and oxygen atoms in total. The van der Waals surface area contributed by atoms with E-state index in [0.717, 1.165) is 12.8 Å². The Balaban J connectivity index is 1.94. The van der Waals surface area contributed by atoms with Gasteiger partial charge >= 0.3 is 0 Å². The van der Waals surface area contributed by atoms with Crippen molar-refractivity contribution < 1.29 is 13.9 Å². The number of para-hydroxylation sites is 1. The molecule has 1 fully saturated rings. The molecule has 0 spiro atoms. The molecule has 1 aliphatic carbocycles. The molecular formula is C13H12N2O3. The first-order chi connectivity index (χ1) is 8.79. The zero-order valence-electron chi connectivity index (χ0n) is 9.92. The Morgan fingerprint density at radius 1 is 1.33 bits per heavy atom. The standard InChI is InChI=1S/C13H12N2O3/c1-17-10-5-3-2-4-9(10)12-14-15-13(18-12)11(16)8-6-7-8/h2-5,8H,6-7H2,1H3. The molecule has 5 heteroatoms. The number of aromatic nitrogens is 2. The highest BCUT2D eigenvalue weighted by atomic mass is 16.5. The summed E-state index contributed by atoms with van der Waals surface area (Å²) in [6.07, 6.45) is 1.84. The molecule has 0 amide bonds. The maximum absolute atomic E-state index is 11.8. The molecule has 0 aliphatic heterocycles. The highest BCUT2D eigenvalue weighted by Gasteiger charge is 2.34. The van der Waals surface area contributed by atoms with Crippen molar-refractivity contribution in [2.45, 2.75) is 12.8 Å². The number of carbonyl (C=O) groups is 1. The highest BCUT2D eigenvalue weighted by molar-refractivity contribution is 5.95. The zero-order chi connectivity index (χ0) is 12.5. The van der Waals surface area contributed by atoms with Crippen LogP contribution in [-0.4, -0.2) is 23.1 Å². The van der Waals surface area contributed by atoms with Gasteiger partial charge in [0.15, 0.2) is 0 Å². The predicted molar refractivity (Wildman–Crippen MR) is 63.3 cm³/mol. The maximum atomic E-state index is 11.8. The Kier molecular flexibility index (Phi) is 2.59. The smallest absolute Gasteiger partial charge is 0.284 e. The lowest BCUT2D eigenvalue weighted by molar-refractivity contribution is 0.0934. The van der Waals surface area contributed by atoms with Crippen molar-refractivity contribution >= 4 is 5.78 Å². The third-order valence-corrected chi connectivity index (χ3v) is 2.92. The molecule has 2 aromatic rings. The first-order valence-corrected chi connectivity index (χ1v) is 5.80. The van der Waals surface area contributed by atoms with E-state index in [2.05, 4.69) is 10.2 Å². The highest BCUT2D eigenvalue weighted by Crippen LogP contribution is 2.34. The second-order valence-corrected chi connectivity index (χ2v) is 4.25. The lowest BCUT2D eigenvalue weighted by Crippen LogP contribution is -2.01. The summed E-state index contributed by atoms with van der Waals surface area (Å²) in [7, 11) is 1.57. The van der Waals surface area contributed by atoms with Crippen LogP contribution in [0.1, 0.15) is 23.5 Å². The Morgan fingerprint density at radius 2 is 2.11 bits per heavy atom. The number of carbonyl (C=O) groups excluding carboxylic acids is 1. The third kappa shape index (κ3) is 1.88. The molecule has 0 unspecified atom stereocenters. The minimum absolute atomic E-state index is 0.0522. The van der Waals surface area contributed by atoms with Crippen molar-refractivity contribution in [1.82, 2.24) is 10.2 Å². The Bertz CT molecular complexity index is 587. The van der Waals surface area contributed by atoms with Gasteiger partial charge in [0.2, 0.25) is 5.78 Å². The van der Waals surface area contributed by atoms with Gasteiger partial charge in [-0.1, -0.05) is 12.1 Å². The molecule has 1 aliphatic rings. The van der Waals surface area contributed by atoms with Crippen LogP contribution in [0.3, 0.4) is 0 Å². The fourth-order valence-electron chi connectivity index (χ4n) is 1.77. The van der Waals surface area contributed by atoms with Crippen LogP contribution in [0.4, 0.5) is 0 Å². The molecule has 0 N–H and O–H groups in total. The number of ketones is 1. The first-order valence-electron chi connectivity index (χ1n) is 5.80. The van der Waals surface area contributed by atoms with Crippen LogP contribution in [0.25, 0.3) is 11.5 Å². The van der Waals surface area contributed by atoms with E-state index in [1.807, 2.05) is 24.3 Å². The van der Waals surface area contributed by atoms with Gasteiger partial charge in [0.05, 0.1) is 12.7 Å². The molecule has 1 aromatic carbocycles. The van der Waals surface area contributed by atoms with E-state index in [-0.39, 0.29) is 17.6 Å². The summed E-state index contributed by atoms with van der Waals surface area (Å²) in [5.74, 6) is 1.08. The van der Waals surface area contributed by atoms with Gasteiger partial charge in [0, 0.05) is 5.92 Å². The summed E-state index contributed by atoms with van der Waals surface area (Å²) in [4.78, 5) is 11.8. The van der Waals surface area contributed by atoms with Crippen LogP contribution in [0.2, 0.25) is 0 Å². The minimum atomic E-state index is -0.0522. The fourth-order valence-corrected chi connectivity index (χ4v) is 1.77. The monoisotopic (exact) mass is 244 g/mol. The number of benzene rings is 1. The molecule has 0 atom stereocenters. The van der Waals surface area contributed by atoms with Crippen LogP contribution in [0.5, 0.6) is 5.75 Å². The summed E-state index contributed by atoms with van der Waals surface area (Å²) in [6.45, 7) is 0. The Hall–Kier alpha value is -2.17. The number of methoxy groups -OCH3 is 1. The lowest BCUT2D eigenvalue weighted by atomic mass is 10.2. The van der Waals surface area contributed by atoms with Gasteiger partial charge in [-0.25, -0.2) is 0 Å². The van der Waals surface area contributed by atoms with Gasteiger partial charge in [-0.15, -0.1) is 10.2 Å². The quantitative estimate of drug-likeness (QED) is 0.772. The van der Waals surface area contributed by atoms with Crippen LogP contribution >= 0.6 is 0 Å². The van der Waals surface area contributed by atoms with E-state index < -0.39 is 0 Å². The molecular weight excluding hydrogens is 232 g/mol. The third-order valence-electron chi connectivity index (χ3n) is 2.92. The van der Waals surface area contributed by atoms with Crippen molar-refractivity contribution in [3.8, 4) is 17.2 Å². The van der Waals surface area contributed by atoms with E-state index in [9.17, 15) is 4.79 Å². The molecule has 92 valence electrons. The number of hydrogen-bond acceptors (Lipinski definition) is 5. The second kappa shape index (κ2) is 4.25. The van der Waals surface area contributed by atoms with Gasteiger partial charge in [-0.2, -0.15) is 0 Å². The number of hydrogen-bond donors (Lipinski definition) is 0. The normalized spacial score (nSPS) is 14.5. The van der Waals surface area contributed by atoms with Crippen LogP contribution in [0.15, 0.2) is 28.7 Å². The summed E-state index contributed by atoms with van der Waals surface area (Å²) < 4.78 is 10.6. The predicted octanol–water partition coefficient (Wildman–Crippen LogP) is 2.34. The molecule has 3 rings (SSSR count). The Morgan fingerprint density at radius 3 is 2.83 bits per heavy atom. The van der Waals surface area contributed by atoms with Crippen molar-refractivity contribution in [2.75, 3.05) is 7.11 Å². The topological polar surface area (TPSA) is 65.2 Å². The van der Waals surface area contributed by atoms with Crippen molar-refractivity contribution in [2.24, 2.45) is 5.92 Å². The second-order valence-electron chi connectivity index (χ2n) is 4.25. The van der Waals surface area contributed by atoms with E-state index in [0.29, 0.717) is 17.2 Å². The zero-order valence-corrected chi connectivity index (χ0v) is 9.92. The molecule has 0 radical (unpaired) electrons. The van der Waals surface area contributed by atoms with Crippen molar-refractivity contribution in [3.05, 3.63) is 30.2 Å². The average molecular weight is 244 g/mol. The van der Waals surface area contributed by atoms with Crippen LogP contribution < -0.4 is 4.74 Å². The molecule has 1 aromatic heterocycles.